The number of benzene rings is 2. The van der Waals surface area contributed by atoms with Crippen LogP contribution in [0.25, 0.3) is 10.1 Å². The fourth-order valence-corrected chi connectivity index (χ4v) is 3.63. The van der Waals surface area contributed by atoms with E-state index in [9.17, 15) is 4.79 Å². The molecule has 2 heteroatoms. The van der Waals surface area contributed by atoms with Gasteiger partial charge >= 0.3 is 0 Å². The van der Waals surface area contributed by atoms with Gasteiger partial charge in [0.1, 0.15) is 0 Å². The average Bonchev–Trinajstić information content (AvgIpc) is 2.93. The molecule has 0 atom stereocenters. The molecular formula is C20H16OS. The summed E-state index contributed by atoms with van der Waals surface area (Å²) in [6.07, 6.45) is 1.94. The highest BCUT2D eigenvalue weighted by molar-refractivity contribution is 7.21. The molecule has 0 saturated carbocycles. The number of aryl methyl sites for hydroxylation is 1. The number of fused-ring (bicyclic) bond motifs is 1. The summed E-state index contributed by atoms with van der Waals surface area (Å²) < 4.78 is 1.16. The van der Waals surface area contributed by atoms with Gasteiger partial charge < -0.3 is 0 Å². The number of hydrogen-bond acceptors (Lipinski definition) is 2. The van der Waals surface area contributed by atoms with E-state index >= 15 is 0 Å². The van der Waals surface area contributed by atoms with Crippen molar-refractivity contribution in [2.75, 3.05) is 0 Å². The van der Waals surface area contributed by atoms with E-state index in [4.69, 9.17) is 0 Å². The smallest absolute Gasteiger partial charge is 0.246 e. The number of ketones is 1. The second-order valence-electron chi connectivity index (χ2n) is 5.10. The zero-order chi connectivity index (χ0) is 15.4. The number of rotatable bonds is 3. The van der Waals surface area contributed by atoms with Crippen LogP contribution in [0.5, 0.6) is 0 Å². The minimum atomic E-state index is -0.0755. The molecule has 1 heterocycles. The predicted molar refractivity (Wildman–Crippen MR) is 93.5 cm³/mol. The molecule has 0 unspecified atom stereocenters. The maximum absolute atomic E-state index is 12.5. The highest BCUT2D eigenvalue weighted by Gasteiger charge is 2.15. The van der Waals surface area contributed by atoms with Crippen molar-refractivity contribution >= 4 is 27.2 Å². The van der Waals surface area contributed by atoms with Gasteiger partial charge in [0.05, 0.1) is 4.88 Å². The van der Waals surface area contributed by atoms with Crippen LogP contribution in [0.4, 0.5) is 0 Å². The van der Waals surface area contributed by atoms with E-state index in [1.54, 1.807) is 11.3 Å². The molecule has 0 amide bonds. The summed E-state index contributed by atoms with van der Waals surface area (Å²) in [4.78, 5) is 13.3. The molecule has 0 N–H and O–H groups in total. The summed E-state index contributed by atoms with van der Waals surface area (Å²) in [6, 6.07) is 17.8. The molecule has 1 aromatic heterocycles. The lowest BCUT2D eigenvalue weighted by atomic mass is 10.0. The zero-order valence-corrected chi connectivity index (χ0v) is 13.2. The van der Waals surface area contributed by atoms with Crippen molar-refractivity contribution < 1.29 is 4.79 Å². The molecule has 3 rings (SSSR count). The Morgan fingerprint density at radius 1 is 1.05 bits per heavy atom. The summed E-state index contributed by atoms with van der Waals surface area (Å²) in [5, 5.41) is 1.19. The van der Waals surface area contributed by atoms with Crippen molar-refractivity contribution in [1.29, 1.82) is 0 Å². The van der Waals surface area contributed by atoms with Crippen LogP contribution in [0.3, 0.4) is 0 Å². The third-order valence-corrected chi connectivity index (χ3v) is 4.71. The van der Waals surface area contributed by atoms with Gasteiger partial charge in [-0.05, 0) is 41.5 Å². The van der Waals surface area contributed by atoms with Gasteiger partial charge in [0.25, 0.3) is 0 Å². The molecule has 0 fully saturated rings. The van der Waals surface area contributed by atoms with Crippen molar-refractivity contribution in [3.05, 3.63) is 70.6 Å². The van der Waals surface area contributed by atoms with Crippen molar-refractivity contribution in [2.45, 2.75) is 19.8 Å². The van der Waals surface area contributed by atoms with Crippen LogP contribution >= 0.6 is 11.3 Å². The molecule has 0 radical (unpaired) electrons. The summed E-state index contributed by atoms with van der Waals surface area (Å²) >= 11 is 1.56. The Hall–Kier alpha value is -2.37. The van der Waals surface area contributed by atoms with E-state index in [1.807, 2.05) is 42.5 Å². The lowest BCUT2D eigenvalue weighted by Crippen LogP contribution is -1.97. The first kappa shape index (κ1) is 14.6. The lowest BCUT2D eigenvalue weighted by molar-refractivity contribution is 0.105. The summed E-state index contributed by atoms with van der Waals surface area (Å²) in [5.41, 5.74) is 2.02. The van der Waals surface area contributed by atoms with Crippen molar-refractivity contribution in [2.24, 2.45) is 0 Å². The molecule has 0 spiro atoms. The number of Topliss-reactive ketones (excluding diaryl/α,β-unsaturated/α-hetero) is 1. The molecule has 0 saturated heterocycles. The van der Waals surface area contributed by atoms with Crippen molar-refractivity contribution in [1.82, 2.24) is 0 Å². The van der Waals surface area contributed by atoms with Crippen LogP contribution in [-0.4, -0.2) is 5.78 Å². The summed E-state index contributed by atoms with van der Waals surface area (Å²) in [7, 11) is 0. The average molecular weight is 304 g/mol. The third-order valence-electron chi connectivity index (χ3n) is 3.50. The topological polar surface area (TPSA) is 17.1 Å². The van der Waals surface area contributed by atoms with Gasteiger partial charge in [-0.1, -0.05) is 55.7 Å². The molecule has 108 valence electrons. The maximum Gasteiger partial charge on any atom is 0.246 e. The Morgan fingerprint density at radius 3 is 2.55 bits per heavy atom. The Bertz CT molecular complexity index is 863. The first-order valence-corrected chi connectivity index (χ1v) is 8.23. The fraction of sp³-hybridized carbons (Fsp3) is 0.150. The summed E-state index contributed by atoms with van der Waals surface area (Å²) in [5.74, 6) is 5.68. The summed E-state index contributed by atoms with van der Waals surface area (Å²) in [6.45, 7) is 2.14. The monoisotopic (exact) mass is 304 g/mol. The van der Waals surface area contributed by atoms with Gasteiger partial charge in [-0.2, -0.15) is 0 Å². The molecule has 0 aliphatic carbocycles. The minimum absolute atomic E-state index is 0.0755. The van der Waals surface area contributed by atoms with Crippen LogP contribution in [0.15, 0.2) is 54.6 Å². The van der Waals surface area contributed by atoms with Gasteiger partial charge in [-0.15, -0.1) is 11.3 Å². The van der Waals surface area contributed by atoms with Gasteiger partial charge in [0.2, 0.25) is 5.78 Å². The minimum Gasteiger partial charge on any atom is -0.278 e. The predicted octanol–water partition coefficient (Wildman–Crippen LogP) is 5.09. The van der Waals surface area contributed by atoms with E-state index in [0.717, 1.165) is 33.5 Å². The van der Waals surface area contributed by atoms with Crippen LogP contribution in [-0.2, 0) is 6.42 Å². The standard InChI is InChI=1S/C20H16OS/c1-2-8-17-16-11-6-7-12-19(16)22-20(17)18(21)14-13-15-9-4-3-5-10-15/h3-7,9-12H,2,8H2,1H3. The molecule has 0 bridgehead atoms. The molecule has 0 aliphatic rings. The van der Waals surface area contributed by atoms with Crippen LogP contribution in [0, 0.1) is 11.8 Å². The van der Waals surface area contributed by atoms with Gasteiger partial charge in [-0.25, -0.2) is 0 Å². The number of hydrogen-bond donors (Lipinski definition) is 0. The molecule has 1 nitrogen and oxygen atoms in total. The van der Waals surface area contributed by atoms with Crippen LogP contribution < -0.4 is 0 Å². The van der Waals surface area contributed by atoms with E-state index in [2.05, 4.69) is 30.9 Å². The number of carbonyl (C=O) groups excluding carboxylic acids is 1. The van der Waals surface area contributed by atoms with E-state index in [-0.39, 0.29) is 5.78 Å². The zero-order valence-electron chi connectivity index (χ0n) is 12.4. The van der Waals surface area contributed by atoms with Gasteiger partial charge in [0, 0.05) is 10.3 Å². The first-order valence-electron chi connectivity index (χ1n) is 7.41. The highest BCUT2D eigenvalue weighted by Crippen LogP contribution is 2.32. The number of thiophene rings is 1. The van der Waals surface area contributed by atoms with Gasteiger partial charge in [-0.3, -0.25) is 4.79 Å². The molecular weight excluding hydrogens is 288 g/mol. The number of carbonyl (C=O) groups is 1. The normalized spacial score (nSPS) is 10.2. The molecule has 2 aromatic carbocycles. The lowest BCUT2D eigenvalue weighted by Gasteiger charge is -1.98. The van der Waals surface area contributed by atoms with Crippen LogP contribution in [0.1, 0.15) is 34.1 Å². The van der Waals surface area contributed by atoms with Gasteiger partial charge in [0.15, 0.2) is 0 Å². The van der Waals surface area contributed by atoms with E-state index < -0.39 is 0 Å². The largest absolute Gasteiger partial charge is 0.278 e. The molecule has 3 aromatic rings. The van der Waals surface area contributed by atoms with Crippen molar-refractivity contribution in [3.63, 3.8) is 0 Å². The van der Waals surface area contributed by atoms with Crippen molar-refractivity contribution in [3.8, 4) is 11.8 Å². The Kier molecular flexibility index (Phi) is 4.37. The van der Waals surface area contributed by atoms with E-state index in [0.29, 0.717) is 0 Å². The molecule has 0 aliphatic heterocycles. The third kappa shape index (κ3) is 2.95. The van der Waals surface area contributed by atoms with E-state index in [1.165, 1.54) is 5.39 Å². The molecule has 22 heavy (non-hydrogen) atoms. The quantitative estimate of drug-likeness (QED) is 0.486. The first-order chi connectivity index (χ1) is 10.8. The highest BCUT2D eigenvalue weighted by atomic mass is 32.1. The SMILES string of the molecule is CCCc1c(C(=O)C#Cc2ccccc2)sc2ccccc12. The fourth-order valence-electron chi connectivity index (χ4n) is 2.49. The Labute approximate surface area is 134 Å². The second kappa shape index (κ2) is 6.60. The maximum atomic E-state index is 12.5. The Balaban J connectivity index is 2.01. The van der Waals surface area contributed by atoms with Crippen LogP contribution in [0.2, 0.25) is 0 Å². The Morgan fingerprint density at radius 2 is 1.77 bits per heavy atom. The second-order valence-corrected chi connectivity index (χ2v) is 6.15.